The van der Waals surface area contributed by atoms with E-state index < -0.39 is 24.3 Å². The first-order chi connectivity index (χ1) is 10.0. The lowest BCUT2D eigenvalue weighted by molar-refractivity contribution is 0.0307. The van der Waals surface area contributed by atoms with Crippen LogP contribution in [0.25, 0.3) is 11.2 Å². The van der Waals surface area contributed by atoms with Gasteiger partial charge >= 0.3 is 6.08 Å². The third-order valence-electron chi connectivity index (χ3n) is 3.58. The number of fused-ring (bicyclic) bond motifs is 1. The largest absolute Gasteiger partial charge is 0.396 e. The number of nitrogen functional groups attached to an aromatic ring is 1. The number of halogens is 1. The highest BCUT2D eigenvalue weighted by atomic mass is 19.1. The van der Waals surface area contributed by atoms with Gasteiger partial charge < -0.3 is 25.6 Å². The van der Waals surface area contributed by atoms with Crippen molar-refractivity contribution in [2.45, 2.75) is 24.7 Å². The summed E-state index contributed by atoms with van der Waals surface area (Å²) < 4.78 is 14.7. The standard InChI is InChI=1S/C12H14FN5O3/c13-12-16-10(14)7-11(17-12)18(4-15-7)6-3-5(1-2-19)8(20)9(6)21/h3-4,6,8-9,19-21H,1-2H2,(H2,14,16,17)/t6-,8-,9+/m1/s1. The van der Waals surface area contributed by atoms with E-state index in [0.717, 1.165) is 0 Å². The molecule has 2 aromatic heterocycles. The number of nitrogens with zero attached hydrogens (tertiary/aromatic N) is 4. The van der Waals surface area contributed by atoms with Crippen LogP contribution in [0.2, 0.25) is 0 Å². The van der Waals surface area contributed by atoms with Gasteiger partial charge in [-0.25, -0.2) is 4.98 Å². The summed E-state index contributed by atoms with van der Waals surface area (Å²) >= 11 is 0. The molecule has 2 aromatic rings. The summed E-state index contributed by atoms with van der Waals surface area (Å²) in [5.41, 5.74) is 6.45. The number of aromatic nitrogens is 4. The predicted molar refractivity (Wildman–Crippen MR) is 70.5 cm³/mol. The Balaban J connectivity index is 2.09. The normalized spacial score (nSPS) is 25.5. The van der Waals surface area contributed by atoms with Crippen molar-refractivity contribution >= 4 is 17.0 Å². The quantitative estimate of drug-likeness (QED) is 0.428. The van der Waals surface area contributed by atoms with Crippen molar-refractivity contribution in [2.24, 2.45) is 0 Å². The molecule has 3 rings (SSSR count). The van der Waals surface area contributed by atoms with Gasteiger partial charge in [0.25, 0.3) is 0 Å². The van der Waals surface area contributed by atoms with Gasteiger partial charge in [-0.2, -0.15) is 14.4 Å². The second kappa shape index (κ2) is 5.02. The zero-order valence-electron chi connectivity index (χ0n) is 10.9. The minimum atomic E-state index is -1.14. The van der Waals surface area contributed by atoms with Gasteiger partial charge in [0.2, 0.25) is 0 Å². The van der Waals surface area contributed by atoms with E-state index in [1.165, 1.54) is 10.9 Å². The molecule has 0 saturated heterocycles. The minimum Gasteiger partial charge on any atom is -0.396 e. The van der Waals surface area contributed by atoms with Crippen LogP contribution >= 0.6 is 0 Å². The van der Waals surface area contributed by atoms with Crippen molar-refractivity contribution in [3.63, 3.8) is 0 Å². The Labute approximate surface area is 118 Å². The van der Waals surface area contributed by atoms with Gasteiger partial charge in [-0.1, -0.05) is 6.08 Å². The lowest BCUT2D eigenvalue weighted by atomic mass is 10.1. The molecule has 0 aromatic carbocycles. The summed E-state index contributed by atoms with van der Waals surface area (Å²) in [5.74, 6) is -0.0937. The zero-order valence-corrected chi connectivity index (χ0v) is 10.9. The number of anilines is 1. The molecule has 0 saturated carbocycles. The average Bonchev–Trinajstić information content (AvgIpc) is 2.96. The van der Waals surface area contributed by atoms with Crippen molar-refractivity contribution in [2.75, 3.05) is 12.3 Å². The van der Waals surface area contributed by atoms with Crippen LogP contribution in [0.5, 0.6) is 0 Å². The van der Waals surface area contributed by atoms with E-state index in [9.17, 15) is 14.6 Å². The molecule has 112 valence electrons. The molecular formula is C12H14FN5O3. The number of aliphatic hydroxyl groups is 3. The molecule has 5 N–H and O–H groups in total. The van der Waals surface area contributed by atoms with Gasteiger partial charge in [0.05, 0.1) is 12.4 Å². The fourth-order valence-electron chi connectivity index (χ4n) is 2.56. The third-order valence-corrected chi connectivity index (χ3v) is 3.58. The van der Waals surface area contributed by atoms with Crippen LogP contribution in [0.3, 0.4) is 0 Å². The van der Waals surface area contributed by atoms with Gasteiger partial charge in [-0.15, -0.1) is 0 Å². The molecule has 1 aliphatic rings. The summed E-state index contributed by atoms with van der Waals surface area (Å²) in [4.78, 5) is 11.0. The molecule has 0 bridgehead atoms. The monoisotopic (exact) mass is 295 g/mol. The smallest absolute Gasteiger partial charge is 0.312 e. The highest BCUT2D eigenvalue weighted by Gasteiger charge is 2.36. The highest BCUT2D eigenvalue weighted by Crippen LogP contribution is 2.33. The molecule has 0 aliphatic heterocycles. The molecule has 8 nitrogen and oxygen atoms in total. The maximum Gasteiger partial charge on any atom is 0.312 e. The van der Waals surface area contributed by atoms with Gasteiger partial charge in [0.1, 0.15) is 17.7 Å². The summed E-state index contributed by atoms with van der Waals surface area (Å²) in [5, 5.41) is 29.0. The van der Waals surface area contributed by atoms with Gasteiger partial charge in [-0.05, 0) is 12.0 Å². The number of aliphatic hydroxyl groups excluding tert-OH is 3. The fraction of sp³-hybridized carbons (Fsp3) is 0.417. The molecule has 9 heteroatoms. The SMILES string of the molecule is Nc1nc(F)nc2c1ncn2[C@@H]1C=C(CCO)[C@@H](O)[C@H]1O. The number of imidazole rings is 1. The number of hydrogen-bond donors (Lipinski definition) is 4. The van der Waals surface area contributed by atoms with Crippen molar-refractivity contribution in [3.05, 3.63) is 24.1 Å². The molecule has 0 radical (unpaired) electrons. The average molecular weight is 295 g/mol. The first kappa shape index (κ1) is 13.9. The Bertz CT molecular complexity index is 716. The summed E-state index contributed by atoms with van der Waals surface area (Å²) in [6.07, 6.45) is -0.00897. The first-order valence-corrected chi connectivity index (χ1v) is 6.36. The molecule has 0 spiro atoms. The van der Waals surface area contributed by atoms with E-state index in [4.69, 9.17) is 10.8 Å². The number of hydrogen-bond acceptors (Lipinski definition) is 7. The van der Waals surface area contributed by atoms with Crippen LogP contribution in [0.1, 0.15) is 12.5 Å². The van der Waals surface area contributed by atoms with Crippen LogP contribution in [0, 0.1) is 6.08 Å². The van der Waals surface area contributed by atoms with Crippen molar-refractivity contribution in [3.8, 4) is 0 Å². The first-order valence-electron chi connectivity index (χ1n) is 6.36. The summed E-state index contributed by atoms with van der Waals surface area (Å²) in [7, 11) is 0. The third kappa shape index (κ3) is 2.15. The topological polar surface area (TPSA) is 130 Å². The maximum absolute atomic E-state index is 13.3. The molecule has 0 amide bonds. The van der Waals surface area contributed by atoms with Crippen LogP contribution in [-0.4, -0.2) is 53.7 Å². The van der Waals surface area contributed by atoms with Crippen molar-refractivity contribution in [1.29, 1.82) is 0 Å². The summed E-state index contributed by atoms with van der Waals surface area (Å²) in [6, 6.07) is -0.666. The fourth-order valence-corrected chi connectivity index (χ4v) is 2.56. The number of nitrogens with two attached hydrogens (primary N) is 1. The van der Waals surface area contributed by atoms with Crippen LogP contribution in [0.4, 0.5) is 10.2 Å². The predicted octanol–water partition coefficient (Wildman–Crippen LogP) is -0.867. The minimum absolute atomic E-state index is 0.0937. The maximum atomic E-state index is 13.3. The zero-order chi connectivity index (χ0) is 15.1. The molecular weight excluding hydrogens is 281 g/mol. The van der Waals surface area contributed by atoms with Crippen molar-refractivity contribution < 1.29 is 19.7 Å². The van der Waals surface area contributed by atoms with Gasteiger partial charge in [-0.3, -0.25) is 0 Å². The second-order valence-corrected chi connectivity index (χ2v) is 4.84. The number of rotatable bonds is 3. The Morgan fingerprint density at radius 3 is 2.81 bits per heavy atom. The Kier molecular flexibility index (Phi) is 3.32. The molecule has 1 aliphatic carbocycles. The molecule has 0 unspecified atom stereocenters. The van der Waals surface area contributed by atoms with E-state index in [-0.39, 0.29) is 30.0 Å². The molecule has 2 heterocycles. The molecule has 3 atom stereocenters. The van der Waals surface area contributed by atoms with Crippen LogP contribution in [-0.2, 0) is 0 Å². The summed E-state index contributed by atoms with van der Waals surface area (Å²) in [6.45, 7) is -0.142. The van der Waals surface area contributed by atoms with E-state index in [2.05, 4.69) is 15.0 Å². The molecule has 21 heavy (non-hydrogen) atoms. The highest BCUT2D eigenvalue weighted by molar-refractivity contribution is 5.81. The van der Waals surface area contributed by atoms with Crippen LogP contribution < -0.4 is 5.73 Å². The van der Waals surface area contributed by atoms with Crippen LogP contribution in [0.15, 0.2) is 18.0 Å². The van der Waals surface area contributed by atoms with Gasteiger partial charge in [0.15, 0.2) is 11.5 Å². The lowest BCUT2D eigenvalue weighted by Crippen LogP contribution is -2.29. The van der Waals surface area contributed by atoms with E-state index >= 15 is 0 Å². The van der Waals surface area contributed by atoms with E-state index in [1.54, 1.807) is 6.08 Å². The molecule has 0 fully saturated rings. The van der Waals surface area contributed by atoms with E-state index in [0.29, 0.717) is 5.57 Å². The Morgan fingerprint density at radius 1 is 1.33 bits per heavy atom. The van der Waals surface area contributed by atoms with E-state index in [1.807, 2.05) is 0 Å². The lowest BCUT2D eigenvalue weighted by Gasteiger charge is -2.18. The van der Waals surface area contributed by atoms with Crippen molar-refractivity contribution in [1.82, 2.24) is 19.5 Å². The Morgan fingerprint density at radius 2 is 2.10 bits per heavy atom. The Hall–Kier alpha value is -2.10. The second-order valence-electron chi connectivity index (χ2n) is 4.84. The van der Waals surface area contributed by atoms with Gasteiger partial charge in [0, 0.05) is 6.61 Å².